The Morgan fingerprint density at radius 3 is 2.86 bits per heavy atom. The lowest BCUT2D eigenvalue weighted by atomic mass is 10.2. The van der Waals surface area contributed by atoms with E-state index in [1.807, 2.05) is 6.20 Å². The van der Waals surface area contributed by atoms with Crippen LogP contribution in [-0.2, 0) is 13.1 Å². The van der Waals surface area contributed by atoms with Crippen LogP contribution in [0.2, 0.25) is 0 Å². The van der Waals surface area contributed by atoms with Gasteiger partial charge in [-0.1, -0.05) is 6.07 Å². The van der Waals surface area contributed by atoms with E-state index in [1.54, 1.807) is 0 Å². The molecule has 1 atom stereocenters. The number of hydrogen-bond donors (Lipinski definition) is 1. The van der Waals surface area contributed by atoms with E-state index >= 15 is 0 Å². The average Bonchev–Trinajstić information content (AvgIpc) is 3.29. The highest BCUT2D eigenvalue weighted by Crippen LogP contribution is 2.19. The van der Waals surface area contributed by atoms with Gasteiger partial charge in [0.25, 0.3) is 0 Å². The van der Waals surface area contributed by atoms with Gasteiger partial charge in [0.1, 0.15) is 0 Å². The fourth-order valence-corrected chi connectivity index (χ4v) is 3.07. The molecule has 0 spiro atoms. The quantitative estimate of drug-likeness (QED) is 0.896. The minimum absolute atomic E-state index is 0.607. The molecule has 21 heavy (non-hydrogen) atoms. The first kappa shape index (κ1) is 14.9. The Kier molecular flexibility index (Phi) is 4.88. The Morgan fingerprint density at radius 2 is 2.14 bits per heavy atom. The fourth-order valence-electron chi connectivity index (χ4n) is 3.07. The van der Waals surface area contributed by atoms with E-state index in [0.29, 0.717) is 6.04 Å². The molecule has 1 saturated heterocycles. The predicted molar refractivity (Wildman–Crippen MR) is 86.1 cm³/mol. The standard InChI is InChI=1S/C17H28N4/c1-14-12-20(2)8-3-9-21(14)13-17-5-4-15(11-19-17)10-18-16-6-7-16/h4-5,11,14,16,18H,3,6-10,12-13H2,1-2H3. The van der Waals surface area contributed by atoms with E-state index in [4.69, 9.17) is 0 Å². The molecule has 0 radical (unpaired) electrons. The SMILES string of the molecule is CC1CN(C)CCCN1Cc1ccc(CNC2CC2)cn1. The number of hydrogen-bond acceptors (Lipinski definition) is 4. The van der Waals surface area contributed by atoms with Crippen molar-refractivity contribution in [3.63, 3.8) is 0 Å². The van der Waals surface area contributed by atoms with Crippen molar-refractivity contribution in [3.8, 4) is 0 Å². The summed E-state index contributed by atoms with van der Waals surface area (Å²) in [6, 6.07) is 5.80. The summed E-state index contributed by atoms with van der Waals surface area (Å²) in [6.07, 6.45) is 5.98. The molecule has 0 bridgehead atoms. The average molecular weight is 288 g/mol. The molecular weight excluding hydrogens is 260 g/mol. The first-order chi connectivity index (χ1) is 10.2. The summed E-state index contributed by atoms with van der Waals surface area (Å²) >= 11 is 0. The van der Waals surface area contributed by atoms with Crippen molar-refractivity contribution in [2.45, 2.75) is 51.4 Å². The van der Waals surface area contributed by atoms with Crippen molar-refractivity contribution in [1.29, 1.82) is 0 Å². The molecule has 1 saturated carbocycles. The van der Waals surface area contributed by atoms with Crippen LogP contribution in [0.15, 0.2) is 18.3 Å². The minimum Gasteiger partial charge on any atom is -0.310 e. The van der Waals surface area contributed by atoms with Gasteiger partial charge in [0.2, 0.25) is 0 Å². The van der Waals surface area contributed by atoms with Crippen molar-refractivity contribution in [2.24, 2.45) is 0 Å². The van der Waals surface area contributed by atoms with Gasteiger partial charge in [-0.05, 0) is 51.4 Å². The molecule has 3 rings (SSSR count). The lowest BCUT2D eigenvalue weighted by molar-refractivity contribution is 0.192. The van der Waals surface area contributed by atoms with Crippen LogP contribution in [-0.4, -0.2) is 53.5 Å². The van der Waals surface area contributed by atoms with Gasteiger partial charge in [-0.15, -0.1) is 0 Å². The number of pyridine rings is 1. The zero-order valence-electron chi connectivity index (χ0n) is 13.4. The van der Waals surface area contributed by atoms with E-state index in [2.05, 4.69) is 46.2 Å². The molecule has 4 heteroatoms. The molecule has 0 amide bonds. The van der Waals surface area contributed by atoms with E-state index in [1.165, 1.54) is 43.6 Å². The summed E-state index contributed by atoms with van der Waals surface area (Å²) in [4.78, 5) is 9.66. The summed E-state index contributed by atoms with van der Waals surface area (Å²) in [7, 11) is 2.22. The van der Waals surface area contributed by atoms with Crippen molar-refractivity contribution >= 4 is 0 Å². The molecule has 0 aromatic carbocycles. The summed E-state index contributed by atoms with van der Waals surface area (Å²) in [6.45, 7) is 7.81. The molecule has 116 valence electrons. The highest BCUT2D eigenvalue weighted by Gasteiger charge is 2.21. The second kappa shape index (κ2) is 6.86. The molecule has 1 N–H and O–H groups in total. The predicted octanol–water partition coefficient (Wildman–Crippen LogP) is 1.86. The van der Waals surface area contributed by atoms with E-state index in [9.17, 15) is 0 Å². The summed E-state index contributed by atoms with van der Waals surface area (Å²) < 4.78 is 0. The van der Waals surface area contributed by atoms with Gasteiger partial charge in [-0.25, -0.2) is 0 Å². The largest absolute Gasteiger partial charge is 0.310 e. The Bertz CT molecular complexity index is 441. The first-order valence-corrected chi connectivity index (χ1v) is 8.30. The lowest BCUT2D eigenvalue weighted by Crippen LogP contribution is -2.37. The van der Waals surface area contributed by atoms with Crippen molar-refractivity contribution < 1.29 is 0 Å². The third-order valence-corrected chi connectivity index (χ3v) is 4.61. The Balaban J connectivity index is 1.53. The second-order valence-corrected chi connectivity index (χ2v) is 6.75. The number of nitrogens with one attached hydrogen (secondary N) is 1. The zero-order chi connectivity index (χ0) is 14.7. The highest BCUT2D eigenvalue weighted by atomic mass is 15.2. The molecule has 4 nitrogen and oxygen atoms in total. The molecule has 1 aliphatic heterocycles. The molecule has 1 aromatic heterocycles. The van der Waals surface area contributed by atoms with E-state index in [0.717, 1.165) is 25.7 Å². The topological polar surface area (TPSA) is 31.4 Å². The van der Waals surface area contributed by atoms with Gasteiger partial charge in [0.05, 0.1) is 5.69 Å². The van der Waals surface area contributed by atoms with Gasteiger partial charge in [0.15, 0.2) is 0 Å². The maximum Gasteiger partial charge on any atom is 0.0544 e. The van der Waals surface area contributed by atoms with Crippen LogP contribution in [0.3, 0.4) is 0 Å². The van der Waals surface area contributed by atoms with Crippen molar-refractivity contribution in [1.82, 2.24) is 20.1 Å². The molecule has 2 heterocycles. The normalized spacial score (nSPS) is 25.0. The van der Waals surface area contributed by atoms with Crippen LogP contribution in [0, 0.1) is 0 Å². The van der Waals surface area contributed by atoms with Crippen LogP contribution in [0.5, 0.6) is 0 Å². The third-order valence-electron chi connectivity index (χ3n) is 4.61. The van der Waals surface area contributed by atoms with Gasteiger partial charge >= 0.3 is 0 Å². The number of likely N-dealkylation sites (N-methyl/N-ethyl adjacent to an activating group) is 1. The Morgan fingerprint density at radius 1 is 1.29 bits per heavy atom. The zero-order valence-corrected chi connectivity index (χ0v) is 13.4. The smallest absolute Gasteiger partial charge is 0.0544 e. The van der Waals surface area contributed by atoms with Crippen molar-refractivity contribution in [2.75, 3.05) is 26.7 Å². The van der Waals surface area contributed by atoms with Crippen LogP contribution in [0.4, 0.5) is 0 Å². The minimum atomic E-state index is 0.607. The Hall–Kier alpha value is -0.970. The number of aromatic nitrogens is 1. The maximum atomic E-state index is 4.66. The van der Waals surface area contributed by atoms with Gasteiger partial charge in [-0.3, -0.25) is 9.88 Å². The molecule has 1 aromatic rings. The Labute approximate surface area is 128 Å². The van der Waals surface area contributed by atoms with Crippen LogP contribution < -0.4 is 5.32 Å². The highest BCUT2D eigenvalue weighted by molar-refractivity contribution is 5.14. The molecule has 1 unspecified atom stereocenters. The summed E-state index contributed by atoms with van der Waals surface area (Å²) in [5.74, 6) is 0. The van der Waals surface area contributed by atoms with Gasteiger partial charge in [-0.2, -0.15) is 0 Å². The van der Waals surface area contributed by atoms with Gasteiger partial charge in [0, 0.05) is 44.5 Å². The molecule has 2 aliphatic rings. The number of nitrogens with zero attached hydrogens (tertiary/aromatic N) is 3. The second-order valence-electron chi connectivity index (χ2n) is 6.75. The van der Waals surface area contributed by atoms with Crippen LogP contribution >= 0.6 is 0 Å². The van der Waals surface area contributed by atoms with Crippen molar-refractivity contribution in [3.05, 3.63) is 29.6 Å². The molecular formula is C17H28N4. The van der Waals surface area contributed by atoms with E-state index in [-0.39, 0.29) is 0 Å². The number of rotatable bonds is 5. The molecule has 1 aliphatic carbocycles. The summed E-state index contributed by atoms with van der Waals surface area (Å²) in [5.41, 5.74) is 2.50. The fraction of sp³-hybridized carbons (Fsp3) is 0.706. The first-order valence-electron chi connectivity index (χ1n) is 8.30. The monoisotopic (exact) mass is 288 g/mol. The summed E-state index contributed by atoms with van der Waals surface area (Å²) in [5, 5.41) is 3.54. The third kappa shape index (κ3) is 4.50. The van der Waals surface area contributed by atoms with Crippen LogP contribution in [0.1, 0.15) is 37.4 Å². The van der Waals surface area contributed by atoms with Gasteiger partial charge < -0.3 is 10.2 Å². The van der Waals surface area contributed by atoms with E-state index < -0.39 is 0 Å². The lowest BCUT2D eigenvalue weighted by Gasteiger charge is -2.27. The van der Waals surface area contributed by atoms with Crippen LogP contribution in [0.25, 0.3) is 0 Å². The molecule has 2 fully saturated rings. The maximum absolute atomic E-state index is 4.66.